The molecule has 0 amide bonds. The molecule has 0 spiro atoms. The third kappa shape index (κ3) is 6.37. The molecule has 1 unspecified atom stereocenters. The fourth-order valence-corrected chi connectivity index (χ4v) is 3.25. The van der Waals surface area contributed by atoms with Crippen LogP contribution in [0.15, 0.2) is 10.4 Å². The molecule has 7 heteroatoms. The Labute approximate surface area is 154 Å². The van der Waals surface area contributed by atoms with E-state index in [9.17, 15) is 0 Å². The molecule has 1 aromatic heterocycles. The van der Waals surface area contributed by atoms with Gasteiger partial charge in [-0.25, -0.2) is 4.98 Å². The number of hydrogen-bond acceptors (Lipinski definition) is 4. The van der Waals surface area contributed by atoms with Crippen molar-refractivity contribution in [3.05, 3.63) is 16.1 Å². The minimum atomic E-state index is -0.0456. The lowest BCUT2D eigenvalue weighted by molar-refractivity contribution is 0.0243. The van der Waals surface area contributed by atoms with E-state index in [0.29, 0.717) is 0 Å². The summed E-state index contributed by atoms with van der Waals surface area (Å²) < 4.78 is 5.77. The number of aromatic nitrogens is 1. The zero-order valence-corrected chi connectivity index (χ0v) is 16.8. The Kier molecular flexibility index (Phi) is 8.63. The number of ether oxygens (including phenoxy) is 1. The molecule has 2 N–H and O–H groups in total. The summed E-state index contributed by atoms with van der Waals surface area (Å²) in [4.78, 5) is 8.73. The summed E-state index contributed by atoms with van der Waals surface area (Å²) in [5, 5.41) is 10.0. The summed E-state index contributed by atoms with van der Waals surface area (Å²) >= 11 is 1.74. The van der Waals surface area contributed by atoms with E-state index < -0.39 is 0 Å². The molecule has 126 valence electrons. The predicted molar refractivity (Wildman–Crippen MR) is 104 cm³/mol. The Morgan fingerprint density at radius 1 is 1.50 bits per heavy atom. The first-order valence-electron chi connectivity index (χ1n) is 7.61. The van der Waals surface area contributed by atoms with Crippen LogP contribution in [0, 0.1) is 6.92 Å². The standard InChI is InChI=1S/C15H26N4OS.HI/c1-12-10-21-13(19-12)6-4-8-17-14(16-3)18-11-15(2)7-5-9-20-15;/h10H,4-9,11H2,1-3H3,(H2,16,17,18);1H. The Morgan fingerprint density at radius 2 is 2.32 bits per heavy atom. The topological polar surface area (TPSA) is 58.5 Å². The number of aryl methyl sites for hydroxylation is 2. The fraction of sp³-hybridized carbons (Fsp3) is 0.733. The van der Waals surface area contributed by atoms with Crippen LogP contribution in [0.1, 0.15) is 36.9 Å². The number of halogens is 1. The molecule has 0 saturated carbocycles. The van der Waals surface area contributed by atoms with E-state index in [1.807, 2.05) is 6.92 Å². The summed E-state index contributed by atoms with van der Waals surface area (Å²) in [5.74, 6) is 0.849. The molecule has 1 aliphatic rings. The molecule has 2 heterocycles. The van der Waals surface area contributed by atoms with E-state index in [1.54, 1.807) is 18.4 Å². The lowest BCUT2D eigenvalue weighted by atomic mass is 10.0. The minimum Gasteiger partial charge on any atom is -0.373 e. The van der Waals surface area contributed by atoms with Gasteiger partial charge in [0, 0.05) is 44.2 Å². The van der Waals surface area contributed by atoms with Crippen LogP contribution in [0.4, 0.5) is 0 Å². The molecular formula is C15H27IN4OS. The van der Waals surface area contributed by atoms with Gasteiger partial charge in [-0.15, -0.1) is 35.3 Å². The lowest BCUT2D eigenvalue weighted by Crippen LogP contribution is -2.45. The second-order valence-electron chi connectivity index (χ2n) is 5.74. The van der Waals surface area contributed by atoms with Gasteiger partial charge in [-0.2, -0.15) is 0 Å². The minimum absolute atomic E-state index is 0. The summed E-state index contributed by atoms with van der Waals surface area (Å²) in [5.41, 5.74) is 1.07. The number of nitrogens with one attached hydrogen (secondary N) is 2. The number of aliphatic imine (C=N–C) groups is 1. The first-order valence-corrected chi connectivity index (χ1v) is 8.49. The van der Waals surface area contributed by atoms with E-state index >= 15 is 0 Å². The molecule has 1 atom stereocenters. The van der Waals surface area contributed by atoms with Gasteiger partial charge in [-0.3, -0.25) is 4.99 Å². The Bertz CT molecular complexity index is 472. The molecule has 2 rings (SSSR count). The zero-order valence-electron chi connectivity index (χ0n) is 13.6. The van der Waals surface area contributed by atoms with Crippen LogP contribution in [0.5, 0.6) is 0 Å². The van der Waals surface area contributed by atoms with Crippen molar-refractivity contribution in [2.75, 3.05) is 26.7 Å². The van der Waals surface area contributed by atoms with Crippen LogP contribution in [-0.4, -0.2) is 43.3 Å². The number of hydrogen-bond donors (Lipinski definition) is 2. The fourth-order valence-electron chi connectivity index (χ4n) is 2.43. The monoisotopic (exact) mass is 438 g/mol. The molecule has 0 bridgehead atoms. The van der Waals surface area contributed by atoms with E-state index in [4.69, 9.17) is 4.74 Å². The zero-order chi connectivity index (χ0) is 15.1. The molecule has 1 aromatic rings. The van der Waals surface area contributed by atoms with Crippen molar-refractivity contribution in [2.24, 2.45) is 4.99 Å². The first kappa shape index (κ1) is 19.6. The average molecular weight is 438 g/mol. The number of nitrogens with zero attached hydrogens (tertiary/aromatic N) is 2. The van der Waals surface area contributed by atoms with Crippen molar-refractivity contribution in [2.45, 2.75) is 45.1 Å². The van der Waals surface area contributed by atoms with Crippen LogP contribution in [0.25, 0.3) is 0 Å². The Balaban J connectivity index is 0.00000242. The predicted octanol–water partition coefficient (Wildman–Crippen LogP) is 2.74. The van der Waals surface area contributed by atoms with Gasteiger partial charge in [0.05, 0.1) is 10.6 Å². The quantitative estimate of drug-likeness (QED) is 0.311. The summed E-state index contributed by atoms with van der Waals surface area (Å²) in [7, 11) is 1.80. The number of rotatable bonds is 6. The molecule has 5 nitrogen and oxygen atoms in total. The molecule has 1 fully saturated rings. The maximum Gasteiger partial charge on any atom is 0.191 e. The lowest BCUT2D eigenvalue weighted by Gasteiger charge is -2.24. The van der Waals surface area contributed by atoms with Gasteiger partial charge in [0.2, 0.25) is 0 Å². The highest BCUT2D eigenvalue weighted by Gasteiger charge is 2.29. The highest BCUT2D eigenvalue weighted by molar-refractivity contribution is 14.0. The van der Waals surface area contributed by atoms with Crippen LogP contribution in [0.3, 0.4) is 0 Å². The molecule has 1 saturated heterocycles. The molecule has 0 radical (unpaired) electrons. The summed E-state index contributed by atoms with van der Waals surface area (Å²) in [6.45, 7) is 6.77. The largest absolute Gasteiger partial charge is 0.373 e. The summed E-state index contributed by atoms with van der Waals surface area (Å²) in [6.07, 6.45) is 4.34. The molecule has 0 aliphatic carbocycles. The third-order valence-electron chi connectivity index (χ3n) is 3.68. The second kappa shape index (κ2) is 9.67. The SMILES string of the molecule is CN=C(NCCCc1nc(C)cs1)NCC1(C)CCCO1.I. The Morgan fingerprint density at radius 3 is 2.91 bits per heavy atom. The van der Waals surface area contributed by atoms with Crippen LogP contribution in [0.2, 0.25) is 0 Å². The van der Waals surface area contributed by atoms with E-state index in [0.717, 1.165) is 57.0 Å². The van der Waals surface area contributed by atoms with Crippen LogP contribution in [-0.2, 0) is 11.2 Å². The molecule has 22 heavy (non-hydrogen) atoms. The number of guanidine groups is 1. The van der Waals surface area contributed by atoms with Crippen molar-refractivity contribution in [1.29, 1.82) is 0 Å². The van der Waals surface area contributed by atoms with Crippen LogP contribution < -0.4 is 10.6 Å². The Hall–Kier alpha value is -0.410. The van der Waals surface area contributed by atoms with Gasteiger partial charge < -0.3 is 15.4 Å². The van der Waals surface area contributed by atoms with Gasteiger partial charge >= 0.3 is 0 Å². The number of thiazole rings is 1. The van der Waals surface area contributed by atoms with E-state index in [1.165, 1.54) is 5.01 Å². The van der Waals surface area contributed by atoms with Crippen molar-refractivity contribution in [3.8, 4) is 0 Å². The normalized spacial score (nSPS) is 21.5. The van der Waals surface area contributed by atoms with Gasteiger partial charge in [0.1, 0.15) is 0 Å². The maximum atomic E-state index is 5.77. The van der Waals surface area contributed by atoms with Gasteiger partial charge in [0.25, 0.3) is 0 Å². The van der Waals surface area contributed by atoms with Crippen LogP contribution >= 0.6 is 35.3 Å². The van der Waals surface area contributed by atoms with Crippen molar-refractivity contribution >= 4 is 41.3 Å². The first-order chi connectivity index (χ1) is 10.1. The van der Waals surface area contributed by atoms with Gasteiger partial charge in [-0.05, 0) is 33.1 Å². The average Bonchev–Trinajstić information content (AvgIpc) is 3.07. The highest BCUT2D eigenvalue weighted by Crippen LogP contribution is 2.23. The van der Waals surface area contributed by atoms with Gasteiger partial charge in [-0.1, -0.05) is 0 Å². The second-order valence-corrected chi connectivity index (χ2v) is 6.68. The molecule has 1 aliphatic heterocycles. The van der Waals surface area contributed by atoms with E-state index in [2.05, 4.69) is 32.9 Å². The maximum absolute atomic E-state index is 5.77. The van der Waals surface area contributed by atoms with Crippen molar-refractivity contribution in [1.82, 2.24) is 15.6 Å². The molecule has 0 aromatic carbocycles. The smallest absolute Gasteiger partial charge is 0.191 e. The van der Waals surface area contributed by atoms with E-state index in [-0.39, 0.29) is 29.6 Å². The van der Waals surface area contributed by atoms with Crippen molar-refractivity contribution in [3.63, 3.8) is 0 Å². The molecular weight excluding hydrogens is 411 g/mol. The summed E-state index contributed by atoms with van der Waals surface area (Å²) in [6, 6.07) is 0. The third-order valence-corrected chi connectivity index (χ3v) is 4.71. The van der Waals surface area contributed by atoms with Crippen molar-refractivity contribution < 1.29 is 4.74 Å². The van der Waals surface area contributed by atoms with Gasteiger partial charge in [0.15, 0.2) is 5.96 Å². The highest BCUT2D eigenvalue weighted by atomic mass is 127.